The maximum atomic E-state index is 13.3. The number of morpholine rings is 2. The zero-order valence-electron chi connectivity index (χ0n) is 23.7. The topological polar surface area (TPSA) is 195 Å². The van der Waals surface area contributed by atoms with Gasteiger partial charge in [-0.1, -0.05) is 0 Å². The van der Waals surface area contributed by atoms with E-state index < -0.39 is 42.5 Å². The highest BCUT2D eigenvalue weighted by Gasteiger charge is 2.28. The van der Waals surface area contributed by atoms with E-state index in [1.807, 2.05) is 0 Å². The molecule has 0 aromatic heterocycles. The van der Waals surface area contributed by atoms with Gasteiger partial charge in [-0.2, -0.15) is 8.61 Å². The molecule has 45 heavy (non-hydrogen) atoms. The molecule has 0 atom stereocenters. The van der Waals surface area contributed by atoms with Gasteiger partial charge >= 0.3 is 0 Å². The number of hydrogen-bond donors (Lipinski definition) is 2. The average molecular weight is 660 g/mol. The minimum atomic E-state index is -3.77. The van der Waals surface area contributed by atoms with Gasteiger partial charge in [0, 0.05) is 49.7 Å². The highest BCUT2D eigenvalue weighted by atomic mass is 32.2. The number of carbonyl (C=O) groups is 2. The van der Waals surface area contributed by atoms with Crippen molar-refractivity contribution in [1.29, 1.82) is 0 Å². The minimum absolute atomic E-state index is 0.0154. The van der Waals surface area contributed by atoms with Crippen LogP contribution < -0.4 is 10.6 Å². The Bertz CT molecular complexity index is 1800. The highest BCUT2D eigenvalue weighted by Crippen LogP contribution is 2.24. The Labute approximate surface area is 259 Å². The van der Waals surface area contributed by atoms with Crippen LogP contribution in [0, 0.1) is 10.1 Å². The van der Waals surface area contributed by atoms with Crippen molar-refractivity contribution in [3.8, 4) is 0 Å². The number of rotatable bonds is 9. The number of anilines is 2. The number of nitrogens with one attached hydrogen (secondary N) is 2. The summed E-state index contributed by atoms with van der Waals surface area (Å²) in [5.74, 6) is -1.62. The summed E-state index contributed by atoms with van der Waals surface area (Å²) in [6, 6.07) is 14.0. The number of amides is 2. The molecule has 0 aliphatic carbocycles. The molecule has 15 nitrogen and oxygen atoms in total. The first-order chi connectivity index (χ1) is 21.5. The van der Waals surface area contributed by atoms with Crippen molar-refractivity contribution >= 4 is 48.9 Å². The molecular formula is C28H29N5O10S2. The van der Waals surface area contributed by atoms with Crippen LogP contribution in [0.25, 0.3) is 0 Å². The SMILES string of the molecule is O=C(Nc1ccc(S(=O)(=O)N2CCOCC2)cc1)c1ccc([N+](=O)[O-])cc1C(=O)Nc1ccc(S(=O)(=O)N2CCOCC2)cc1. The third-order valence-electron chi connectivity index (χ3n) is 7.14. The molecule has 2 amide bonds. The number of benzene rings is 3. The van der Waals surface area contributed by atoms with Crippen molar-refractivity contribution in [1.82, 2.24) is 8.61 Å². The first-order valence-electron chi connectivity index (χ1n) is 13.7. The van der Waals surface area contributed by atoms with E-state index in [9.17, 15) is 36.5 Å². The molecule has 0 saturated carbocycles. The zero-order chi connectivity index (χ0) is 32.2. The average Bonchev–Trinajstić information content (AvgIpc) is 3.05. The quantitative estimate of drug-likeness (QED) is 0.254. The molecule has 17 heteroatoms. The molecule has 2 saturated heterocycles. The Morgan fingerprint density at radius 1 is 0.644 bits per heavy atom. The maximum Gasteiger partial charge on any atom is 0.270 e. The Balaban J connectivity index is 1.33. The zero-order valence-corrected chi connectivity index (χ0v) is 25.4. The van der Waals surface area contributed by atoms with Crippen LogP contribution in [-0.4, -0.2) is 94.8 Å². The summed E-state index contributed by atoms with van der Waals surface area (Å²) in [5.41, 5.74) is -0.507. The number of carbonyl (C=O) groups excluding carboxylic acids is 2. The summed E-state index contributed by atoms with van der Waals surface area (Å²) < 4.78 is 64.6. The second kappa shape index (κ2) is 13.4. The number of ether oxygens (including phenoxy) is 2. The van der Waals surface area contributed by atoms with E-state index in [0.29, 0.717) is 13.2 Å². The van der Waals surface area contributed by atoms with Gasteiger partial charge in [0.15, 0.2) is 0 Å². The van der Waals surface area contributed by atoms with Crippen LogP contribution in [0.2, 0.25) is 0 Å². The van der Waals surface area contributed by atoms with Crippen molar-refractivity contribution < 1.29 is 40.8 Å². The van der Waals surface area contributed by atoms with Gasteiger partial charge < -0.3 is 20.1 Å². The smallest absolute Gasteiger partial charge is 0.270 e. The number of sulfonamides is 2. The molecule has 2 aliphatic rings. The molecule has 2 N–H and O–H groups in total. The van der Waals surface area contributed by atoms with E-state index in [-0.39, 0.29) is 71.7 Å². The lowest BCUT2D eigenvalue weighted by atomic mass is 10.0. The second-order valence-corrected chi connectivity index (χ2v) is 13.9. The monoisotopic (exact) mass is 659 g/mol. The molecule has 0 unspecified atom stereocenters. The van der Waals surface area contributed by atoms with Crippen LogP contribution in [0.4, 0.5) is 17.1 Å². The van der Waals surface area contributed by atoms with Gasteiger partial charge in [0.25, 0.3) is 17.5 Å². The van der Waals surface area contributed by atoms with Gasteiger partial charge in [0.1, 0.15) is 0 Å². The first kappa shape index (κ1) is 32.1. The van der Waals surface area contributed by atoms with Crippen LogP contribution in [0.5, 0.6) is 0 Å². The van der Waals surface area contributed by atoms with Gasteiger partial charge in [0.2, 0.25) is 20.0 Å². The van der Waals surface area contributed by atoms with E-state index in [4.69, 9.17) is 9.47 Å². The molecule has 2 heterocycles. The van der Waals surface area contributed by atoms with Crippen LogP contribution in [0.15, 0.2) is 76.5 Å². The number of nitro groups is 1. The fourth-order valence-electron chi connectivity index (χ4n) is 4.72. The Morgan fingerprint density at radius 2 is 1.04 bits per heavy atom. The predicted molar refractivity (Wildman–Crippen MR) is 161 cm³/mol. The van der Waals surface area contributed by atoms with Crippen LogP contribution in [0.1, 0.15) is 20.7 Å². The van der Waals surface area contributed by atoms with E-state index in [2.05, 4.69) is 10.6 Å². The Hall–Kier alpha value is -4.26. The Morgan fingerprint density at radius 3 is 1.44 bits per heavy atom. The normalized spacial score (nSPS) is 16.5. The van der Waals surface area contributed by atoms with Gasteiger partial charge in [-0.05, 0) is 54.6 Å². The van der Waals surface area contributed by atoms with Crippen molar-refractivity contribution in [3.63, 3.8) is 0 Å². The van der Waals surface area contributed by atoms with Crippen LogP contribution in [0.3, 0.4) is 0 Å². The Kier molecular flexibility index (Phi) is 9.56. The van der Waals surface area contributed by atoms with E-state index in [1.54, 1.807) is 0 Å². The molecule has 5 rings (SSSR count). The second-order valence-electron chi connectivity index (χ2n) is 9.98. The number of non-ortho nitro benzene ring substituents is 1. The maximum absolute atomic E-state index is 13.3. The van der Waals surface area contributed by atoms with Gasteiger partial charge in [-0.3, -0.25) is 19.7 Å². The number of hydrogen-bond acceptors (Lipinski definition) is 10. The highest BCUT2D eigenvalue weighted by molar-refractivity contribution is 7.89. The van der Waals surface area contributed by atoms with E-state index in [1.165, 1.54) is 57.1 Å². The van der Waals surface area contributed by atoms with Crippen molar-refractivity contribution in [2.24, 2.45) is 0 Å². The van der Waals surface area contributed by atoms with Gasteiger partial charge in [-0.15, -0.1) is 0 Å². The van der Waals surface area contributed by atoms with Crippen LogP contribution in [-0.2, 0) is 29.5 Å². The first-order valence-corrected chi connectivity index (χ1v) is 16.6. The lowest BCUT2D eigenvalue weighted by Gasteiger charge is -2.26. The molecule has 0 spiro atoms. The molecule has 2 fully saturated rings. The standard InChI is InChI=1S/C28H29N5O10S2/c34-27(29-20-1-6-23(7-2-20)44(38,39)31-11-15-42-16-12-31)25-10-5-22(33(36)37)19-26(25)28(35)30-21-3-8-24(9-4-21)45(40,41)32-13-17-43-18-14-32/h1-10,19H,11-18H2,(H,29,34)(H,30,35). The van der Waals surface area contributed by atoms with E-state index >= 15 is 0 Å². The number of nitrogens with zero attached hydrogens (tertiary/aromatic N) is 3. The van der Waals surface area contributed by atoms with Gasteiger partial charge in [-0.25, -0.2) is 16.8 Å². The molecule has 0 radical (unpaired) electrons. The number of nitro benzene ring substituents is 1. The molecule has 0 bridgehead atoms. The summed E-state index contributed by atoms with van der Waals surface area (Å²) in [4.78, 5) is 37.3. The summed E-state index contributed by atoms with van der Waals surface area (Å²) in [7, 11) is -7.52. The van der Waals surface area contributed by atoms with Crippen LogP contribution >= 0.6 is 0 Å². The lowest BCUT2D eigenvalue weighted by molar-refractivity contribution is -0.384. The largest absolute Gasteiger partial charge is 0.379 e. The molecular weight excluding hydrogens is 630 g/mol. The summed E-state index contributed by atoms with van der Waals surface area (Å²) in [6.45, 7) is 2.05. The van der Waals surface area contributed by atoms with E-state index in [0.717, 1.165) is 18.2 Å². The molecule has 2 aliphatic heterocycles. The fourth-order valence-corrected chi connectivity index (χ4v) is 7.54. The third kappa shape index (κ3) is 7.19. The van der Waals surface area contributed by atoms with Gasteiger partial charge in [0.05, 0.1) is 52.3 Å². The summed E-state index contributed by atoms with van der Waals surface area (Å²) in [5, 5.41) is 16.6. The van der Waals surface area contributed by atoms with Crippen molar-refractivity contribution in [2.45, 2.75) is 9.79 Å². The predicted octanol–water partition coefficient (Wildman–Crippen LogP) is 2.14. The van der Waals surface area contributed by atoms with Crippen molar-refractivity contribution in [3.05, 3.63) is 88.0 Å². The summed E-state index contributed by atoms with van der Waals surface area (Å²) in [6.07, 6.45) is 0. The molecule has 3 aromatic carbocycles. The molecule has 3 aromatic rings. The molecule has 238 valence electrons. The minimum Gasteiger partial charge on any atom is -0.379 e. The van der Waals surface area contributed by atoms with Crippen molar-refractivity contribution in [2.75, 3.05) is 63.2 Å². The third-order valence-corrected chi connectivity index (χ3v) is 11.0. The lowest BCUT2D eigenvalue weighted by Crippen LogP contribution is -2.40. The fraction of sp³-hybridized carbons (Fsp3) is 0.286. The summed E-state index contributed by atoms with van der Waals surface area (Å²) >= 11 is 0.